The summed E-state index contributed by atoms with van der Waals surface area (Å²) in [5, 5.41) is 12.7. The number of ether oxygens (including phenoxy) is 2. The van der Waals surface area contributed by atoms with Crippen molar-refractivity contribution in [2.45, 2.75) is 0 Å². The molecule has 0 radical (unpaired) electrons. The Bertz CT molecular complexity index is 449. The lowest BCUT2D eigenvalue weighted by molar-refractivity contribution is -0.138. The van der Waals surface area contributed by atoms with Crippen LogP contribution >= 0.6 is 0 Å². The molecule has 0 aliphatic heterocycles. The molecule has 0 aliphatic carbocycles. The molecule has 1 rings (SSSR count). The highest BCUT2D eigenvalue weighted by Crippen LogP contribution is 2.13. The Morgan fingerprint density at radius 2 is 1.61 bits per heavy atom. The molecule has 0 heterocycles. The van der Waals surface area contributed by atoms with E-state index in [0.717, 1.165) is 14.2 Å². The number of carbonyl (C=O) groups is 2. The maximum Gasteiger partial charge on any atom is 0.366 e. The van der Waals surface area contributed by atoms with Crippen LogP contribution in [0.25, 0.3) is 0 Å². The average molecular weight is 252 g/mol. The van der Waals surface area contributed by atoms with Gasteiger partial charge in [0.25, 0.3) is 5.71 Å². The van der Waals surface area contributed by atoms with Crippen molar-refractivity contribution in [2.24, 2.45) is 5.10 Å². The highest BCUT2D eigenvalue weighted by molar-refractivity contribution is 6.62. The predicted octanol–water partition coefficient (Wildman–Crippen LogP) is 0.506. The topological polar surface area (TPSA) is 97.2 Å². The normalized spacial score (nSPS) is 9.22. The van der Waals surface area contributed by atoms with Crippen molar-refractivity contribution in [3.63, 3.8) is 0 Å². The van der Waals surface area contributed by atoms with Crippen LogP contribution in [0.4, 0.5) is 5.69 Å². The van der Waals surface area contributed by atoms with Gasteiger partial charge in [-0.25, -0.2) is 9.59 Å². The van der Waals surface area contributed by atoms with Gasteiger partial charge in [-0.05, 0) is 24.3 Å². The number of esters is 2. The van der Waals surface area contributed by atoms with Gasteiger partial charge >= 0.3 is 11.9 Å². The Morgan fingerprint density at radius 1 is 1.11 bits per heavy atom. The van der Waals surface area contributed by atoms with Crippen LogP contribution in [-0.4, -0.2) is 37.0 Å². The molecule has 0 spiro atoms. The number of phenols is 1. The van der Waals surface area contributed by atoms with Crippen molar-refractivity contribution < 1.29 is 24.2 Å². The average Bonchev–Trinajstić information content (AvgIpc) is 2.40. The van der Waals surface area contributed by atoms with Gasteiger partial charge in [0.15, 0.2) is 0 Å². The highest BCUT2D eigenvalue weighted by Gasteiger charge is 2.22. The van der Waals surface area contributed by atoms with E-state index >= 15 is 0 Å². The Kier molecular flexibility index (Phi) is 4.67. The molecule has 96 valence electrons. The van der Waals surface area contributed by atoms with Crippen molar-refractivity contribution in [1.82, 2.24) is 0 Å². The molecule has 1 aromatic carbocycles. The molecule has 0 aromatic heterocycles. The first-order valence-electron chi connectivity index (χ1n) is 4.88. The molecule has 7 nitrogen and oxygen atoms in total. The summed E-state index contributed by atoms with van der Waals surface area (Å²) in [5.74, 6) is -1.73. The number of carbonyl (C=O) groups excluding carboxylic acids is 2. The summed E-state index contributed by atoms with van der Waals surface area (Å²) in [7, 11) is 2.25. The van der Waals surface area contributed by atoms with Crippen LogP contribution in [0.15, 0.2) is 29.4 Å². The summed E-state index contributed by atoms with van der Waals surface area (Å²) in [4.78, 5) is 22.5. The molecule has 0 unspecified atom stereocenters. The number of hydrazone groups is 1. The Labute approximate surface area is 103 Å². The van der Waals surface area contributed by atoms with Crippen molar-refractivity contribution in [2.75, 3.05) is 19.6 Å². The first kappa shape index (κ1) is 13.5. The van der Waals surface area contributed by atoms with E-state index in [0.29, 0.717) is 5.69 Å². The van der Waals surface area contributed by atoms with E-state index in [2.05, 4.69) is 20.0 Å². The summed E-state index contributed by atoms with van der Waals surface area (Å²) in [5.41, 5.74) is 2.46. The van der Waals surface area contributed by atoms with E-state index in [1.807, 2.05) is 0 Å². The third-order valence-electron chi connectivity index (χ3n) is 1.92. The molecule has 0 amide bonds. The minimum atomic E-state index is -0.909. The van der Waals surface area contributed by atoms with Crippen LogP contribution in [0.3, 0.4) is 0 Å². The number of methoxy groups -OCH3 is 2. The summed E-state index contributed by atoms with van der Waals surface area (Å²) < 4.78 is 8.78. The minimum Gasteiger partial charge on any atom is -0.508 e. The van der Waals surface area contributed by atoms with Crippen molar-refractivity contribution in [1.29, 1.82) is 0 Å². The summed E-state index contributed by atoms with van der Waals surface area (Å²) in [6.45, 7) is 0. The summed E-state index contributed by atoms with van der Waals surface area (Å²) in [6.07, 6.45) is 0. The van der Waals surface area contributed by atoms with Crippen LogP contribution in [0.2, 0.25) is 0 Å². The maximum absolute atomic E-state index is 11.3. The van der Waals surface area contributed by atoms with Crippen LogP contribution in [0.5, 0.6) is 5.75 Å². The quantitative estimate of drug-likeness (QED) is 0.266. The van der Waals surface area contributed by atoms with Gasteiger partial charge in [-0.2, -0.15) is 5.10 Å². The lowest BCUT2D eigenvalue weighted by Crippen LogP contribution is -2.27. The Hall–Kier alpha value is -2.57. The van der Waals surface area contributed by atoms with Crippen LogP contribution < -0.4 is 5.43 Å². The SMILES string of the molecule is COC(=O)C(=NNc1ccc(O)cc1)C(=O)OC. The predicted molar refractivity (Wildman–Crippen MR) is 63.2 cm³/mol. The van der Waals surface area contributed by atoms with E-state index in [1.165, 1.54) is 24.3 Å². The van der Waals surface area contributed by atoms with Gasteiger partial charge in [-0.15, -0.1) is 0 Å². The Balaban J connectivity index is 2.86. The van der Waals surface area contributed by atoms with Gasteiger partial charge in [-0.1, -0.05) is 0 Å². The van der Waals surface area contributed by atoms with Gasteiger partial charge < -0.3 is 14.6 Å². The fourth-order valence-corrected chi connectivity index (χ4v) is 1.02. The lowest BCUT2D eigenvalue weighted by atomic mass is 10.3. The summed E-state index contributed by atoms with van der Waals surface area (Å²) >= 11 is 0. The second-order valence-corrected chi connectivity index (χ2v) is 3.10. The zero-order valence-electron chi connectivity index (χ0n) is 9.84. The number of rotatable bonds is 4. The van der Waals surface area contributed by atoms with E-state index in [4.69, 9.17) is 5.11 Å². The van der Waals surface area contributed by atoms with Crippen LogP contribution in [0.1, 0.15) is 0 Å². The monoisotopic (exact) mass is 252 g/mol. The third kappa shape index (κ3) is 3.48. The van der Waals surface area contributed by atoms with Gasteiger partial charge in [-0.3, -0.25) is 5.43 Å². The zero-order valence-corrected chi connectivity index (χ0v) is 9.84. The number of hydrogen-bond donors (Lipinski definition) is 2. The molecule has 0 fully saturated rings. The number of aromatic hydroxyl groups is 1. The molecule has 0 aliphatic rings. The number of anilines is 1. The summed E-state index contributed by atoms with van der Waals surface area (Å²) in [6, 6.07) is 5.89. The van der Waals surface area contributed by atoms with Crippen molar-refractivity contribution >= 4 is 23.3 Å². The largest absolute Gasteiger partial charge is 0.508 e. The van der Waals surface area contributed by atoms with E-state index in [9.17, 15) is 9.59 Å². The lowest BCUT2D eigenvalue weighted by Gasteiger charge is -2.04. The second-order valence-electron chi connectivity index (χ2n) is 3.10. The first-order valence-corrected chi connectivity index (χ1v) is 4.88. The van der Waals surface area contributed by atoms with Gasteiger partial charge in [0.2, 0.25) is 0 Å². The van der Waals surface area contributed by atoms with Gasteiger partial charge in [0.1, 0.15) is 5.75 Å². The second kappa shape index (κ2) is 6.24. The number of hydrogen-bond acceptors (Lipinski definition) is 7. The van der Waals surface area contributed by atoms with E-state index in [-0.39, 0.29) is 5.75 Å². The molecule has 0 saturated heterocycles. The smallest absolute Gasteiger partial charge is 0.366 e. The van der Waals surface area contributed by atoms with E-state index < -0.39 is 17.7 Å². The standard InChI is InChI=1S/C11H12N2O5/c1-17-10(15)9(11(16)18-2)13-12-7-3-5-8(14)6-4-7/h3-6,12,14H,1-2H3. The third-order valence-corrected chi connectivity index (χ3v) is 1.92. The van der Waals surface area contributed by atoms with Crippen molar-refractivity contribution in [3.8, 4) is 5.75 Å². The first-order chi connectivity index (χ1) is 8.58. The van der Waals surface area contributed by atoms with Crippen molar-refractivity contribution in [3.05, 3.63) is 24.3 Å². The molecule has 0 saturated carbocycles. The number of phenolic OH excluding ortho intramolecular Hbond substituents is 1. The van der Waals surface area contributed by atoms with Crippen LogP contribution in [0, 0.1) is 0 Å². The van der Waals surface area contributed by atoms with Gasteiger partial charge in [0.05, 0.1) is 19.9 Å². The van der Waals surface area contributed by atoms with Gasteiger partial charge in [0, 0.05) is 0 Å². The highest BCUT2D eigenvalue weighted by atomic mass is 16.5. The maximum atomic E-state index is 11.3. The fraction of sp³-hybridized carbons (Fsp3) is 0.182. The molecule has 2 N–H and O–H groups in total. The van der Waals surface area contributed by atoms with E-state index in [1.54, 1.807) is 0 Å². The van der Waals surface area contributed by atoms with Crippen LogP contribution in [-0.2, 0) is 19.1 Å². The molecule has 18 heavy (non-hydrogen) atoms. The molecular weight excluding hydrogens is 240 g/mol. The Morgan fingerprint density at radius 3 is 2.06 bits per heavy atom. The molecule has 1 aromatic rings. The molecule has 0 bridgehead atoms. The molecule has 0 atom stereocenters. The minimum absolute atomic E-state index is 0.0886. The molecular formula is C11H12N2O5. The zero-order chi connectivity index (χ0) is 13.5. The molecule has 7 heteroatoms. The fourth-order valence-electron chi connectivity index (χ4n) is 1.02. The number of benzene rings is 1. The number of nitrogens with one attached hydrogen (secondary N) is 1. The number of nitrogens with zero attached hydrogens (tertiary/aromatic N) is 1.